The van der Waals surface area contributed by atoms with Gasteiger partial charge in [-0.1, -0.05) is 19.3 Å². The summed E-state index contributed by atoms with van der Waals surface area (Å²) >= 11 is 0. The predicted molar refractivity (Wildman–Crippen MR) is 93.5 cm³/mol. The van der Waals surface area contributed by atoms with E-state index in [1.165, 1.54) is 35.5 Å². The van der Waals surface area contributed by atoms with E-state index < -0.39 is 0 Å². The van der Waals surface area contributed by atoms with Crippen LogP contribution < -0.4 is 10.9 Å². The molecule has 2 aromatic rings. The zero-order valence-corrected chi connectivity index (χ0v) is 14.1. The Balaban J connectivity index is 1.57. The average Bonchev–Trinajstić information content (AvgIpc) is 2.64. The monoisotopic (exact) mass is 343 g/mol. The van der Waals surface area contributed by atoms with Crippen molar-refractivity contribution in [2.45, 2.75) is 38.6 Å². The summed E-state index contributed by atoms with van der Waals surface area (Å²) in [6, 6.07) is 7.28. The van der Waals surface area contributed by atoms with Crippen LogP contribution in [0.15, 0.2) is 41.5 Å². The second kappa shape index (κ2) is 8.05. The highest BCUT2D eigenvalue weighted by Gasteiger charge is 2.20. The number of rotatable bonds is 5. The maximum atomic E-state index is 13.0. The fraction of sp³-hybridized carbons (Fsp3) is 0.421. The van der Waals surface area contributed by atoms with Crippen LogP contribution in [0, 0.1) is 11.7 Å². The summed E-state index contributed by atoms with van der Waals surface area (Å²) in [4.78, 5) is 28.5. The minimum Gasteiger partial charge on any atom is -0.354 e. The van der Waals surface area contributed by atoms with Crippen molar-refractivity contribution in [3.63, 3.8) is 0 Å². The van der Waals surface area contributed by atoms with Crippen molar-refractivity contribution in [3.05, 3.63) is 52.8 Å². The Hall–Kier alpha value is -2.50. The van der Waals surface area contributed by atoms with Crippen molar-refractivity contribution in [1.29, 1.82) is 0 Å². The molecule has 1 aromatic carbocycles. The number of halogens is 1. The summed E-state index contributed by atoms with van der Waals surface area (Å²) in [5.41, 5.74) is 1.00. The third kappa shape index (κ3) is 4.53. The highest BCUT2D eigenvalue weighted by molar-refractivity contribution is 5.78. The average molecular weight is 343 g/mol. The van der Waals surface area contributed by atoms with Gasteiger partial charge in [-0.05, 0) is 37.1 Å². The third-order valence-corrected chi connectivity index (χ3v) is 4.65. The van der Waals surface area contributed by atoms with Gasteiger partial charge < -0.3 is 5.32 Å². The van der Waals surface area contributed by atoms with Crippen LogP contribution in [0.4, 0.5) is 4.39 Å². The summed E-state index contributed by atoms with van der Waals surface area (Å²) in [5, 5.41) is 2.91. The van der Waals surface area contributed by atoms with E-state index in [1.807, 2.05) is 0 Å². The summed E-state index contributed by atoms with van der Waals surface area (Å²) in [6.07, 6.45) is 6.83. The minimum absolute atomic E-state index is 0.0867. The molecule has 1 aliphatic carbocycles. The Bertz CT molecular complexity index is 780. The molecule has 3 rings (SSSR count). The van der Waals surface area contributed by atoms with Crippen molar-refractivity contribution in [1.82, 2.24) is 14.9 Å². The van der Waals surface area contributed by atoms with Gasteiger partial charge in [0.15, 0.2) is 0 Å². The normalized spacial score (nSPS) is 15.1. The van der Waals surface area contributed by atoms with Gasteiger partial charge in [0.05, 0.1) is 12.0 Å². The van der Waals surface area contributed by atoms with E-state index in [2.05, 4.69) is 10.3 Å². The number of nitrogens with one attached hydrogen (secondary N) is 1. The molecule has 5 nitrogen and oxygen atoms in total. The van der Waals surface area contributed by atoms with Gasteiger partial charge in [0.25, 0.3) is 5.56 Å². The quantitative estimate of drug-likeness (QED) is 0.908. The van der Waals surface area contributed by atoms with Crippen LogP contribution in [0.25, 0.3) is 11.3 Å². The van der Waals surface area contributed by atoms with Gasteiger partial charge in [0.1, 0.15) is 5.82 Å². The van der Waals surface area contributed by atoms with Crippen molar-refractivity contribution in [2.75, 3.05) is 6.54 Å². The fourth-order valence-corrected chi connectivity index (χ4v) is 3.18. The van der Waals surface area contributed by atoms with Gasteiger partial charge in [-0.15, -0.1) is 0 Å². The van der Waals surface area contributed by atoms with E-state index in [0.717, 1.165) is 25.7 Å². The number of amides is 1. The predicted octanol–water partition coefficient (Wildman–Crippen LogP) is 2.75. The van der Waals surface area contributed by atoms with Crippen LogP contribution in [-0.4, -0.2) is 22.0 Å². The van der Waals surface area contributed by atoms with Crippen LogP contribution >= 0.6 is 0 Å². The number of nitrogens with zero attached hydrogens (tertiary/aromatic N) is 2. The Morgan fingerprint density at radius 1 is 1.20 bits per heavy atom. The van der Waals surface area contributed by atoms with Gasteiger partial charge in [-0.2, -0.15) is 0 Å². The molecule has 1 fully saturated rings. The molecule has 0 spiro atoms. The first kappa shape index (κ1) is 17.3. The second-order valence-electron chi connectivity index (χ2n) is 6.44. The smallest absolute Gasteiger partial charge is 0.253 e. The summed E-state index contributed by atoms with van der Waals surface area (Å²) in [6.45, 7) is 0.792. The van der Waals surface area contributed by atoms with Crippen LogP contribution in [0.2, 0.25) is 0 Å². The second-order valence-corrected chi connectivity index (χ2v) is 6.44. The molecule has 6 heteroatoms. The molecule has 0 unspecified atom stereocenters. The molecule has 0 aliphatic heterocycles. The van der Waals surface area contributed by atoms with Gasteiger partial charge >= 0.3 is 0 Å². The van der Waals surface area contributed by atoms with Crippen LogP contribution in [0.5, 0.6) is 0 Å². The highest BCUT2D eigenvalue weighted by atomic mass is 19.1. The van der Waals surface area contributed by atoms with Gasteiger partial charge in [-0.25, -0.2) is 9.37 Å². The third-order valence-electron chi connectivity index (χ3n) is 4.65. The molecule has 1 aliphatic rings. The Morgan fingerprint density at radius 3 is 2.60 bits per heavy atom. The topological polar surface area (TPSA) is 64.0 Å². The molecule has 25 heavy (non-hydrogen) atoms. The molecule has 1 amide bonds. The Labute approximate surface area is 145 Å². The molecule has 0 radical (unpaired) electrons. The highest BCUT2D eigenvalue weighted by Crippen LogP contribution is 2.23. The lowest BCUT2D eigenvalue weighted by atomic mass is 9.89. The standard InChI is InChI=1S/C19H22FN3O2/c20-16-8-6-14(7-9-16)17-12-18(24)23(13-22-17)11-10-21-19(25)15-4-2-1-3-5-15/h6-9,12-13,15H,1-5,10-11H2,(H,21,25). The van der Waals surface area contributed by atoms with Crippen molar-refractivity contribution in [2.24, 2.45) is 5.92 Å². The van der Waals surface area contributed by atoms with E-state index in [-0.39, 0.29) is 23.2 Å². The molecule has 1 N–H and O–H groups in total. The molecular formula is C19H22FN3O2. The molecule has 0 saturated heterocycles. The molecular weight excluding hydrogens is 321 g/mol. The molecule has 1 saturated carbocycles. The maximum Gasteiger partial charge on any atom is 0.253 e. The first-order valence-electron chi connectivity index (χ1n) is 8.73. The first-order valence-corrected chi connectivity index (χ1v) is 8.73. The molecule has 1 aromatic heterocycles. The SMILES string of the molecule is O=C(NCCn1cnc(-c2ccc(F)cc2)cc1=O)C1CCCCC1. The van der Waals surface area contributed by atoms with Gasteiger partial charge in [-0.3, -0.25) is 14.2 Å². The van der Waals surface area contributed by atoms with E-state index in [9.17, 15) is 14.0 Å². The van der Waals surface area contributed by atoms with E-state index in [4.69, 9.17) is 0 Å². The van der Waals surface area contributed by atoms with Crippen LogP contribution in [-0.2, 0) is 11.3 Å². The van der Waals surface area contributed by atoms with Crippen LogP contribution in [0.3, 0.4) is 0 Å². The largest absolute Gasteiger partial charge is 0.354 e. The fourth-order valence-electron chi connectivity index (χ4n) is 3.18. The Morgan fingerprint density at radius 2 is 1.92 bits per heavy atom. The lowest BCUT2D eigenvalue weighted by Gasteiger charge is -2.20. The lowest BCUT2D eigenvalue weighted by molar-refractivity contribution is -0.125. The van der Waals surface area contributed by atoms with Crippen molar-refractivity contribution < 1.29 is 9.18 Å². The molecule has 132 valence electrons. The van der Waals surface area contributed by atoms with Crippen molar-refractivity contribution >= 4 is 5.91 Å². The number of carbonyl (C=O) groups excluding carboxylic acids is 1. The van der Waals surface area contributed by atoms with E-state index >= 15 is 0 Å². The summed E-state index contributed by atoms with van der Waals surface area (Å²) in [5.74, 6) is -0.126. The minimum atomic E-state index is -0.328. The van der Waals surface area contributed by atoms with Crippen molar-refractivity contribution in [3.8, 4) is 11.3 Å². The van der Waals surface area contributed by atoms with E-state index in [0.29, 0.717) is 24.3 Å². The number of hydrogen-bond donors (Lipinski definition) is 1. The molecule has 0 bridgehead atoms. The Kier molecular flexibility index (Phi) is 5.58. The van der Waals surface area contributed by atoms with Gasteiger partial charge in [0, 0.05) is 30.6 Å². The summed E-state index contributed by atoms with van der Waals surface area (Å²) in [7, 11) is 0. The zero-order valence-electron chi connectivity index (χ0n) is 14.1. The van der Waals surface area contributed by atoms with Gasteiger partial charge in [0.2, 0.25) is 5.91 Å². The number of benzene rings is 1. The zero-order chi connectivity index (χ0) is 17.6. The first-order chi connectivity index (χ1) is 12.1. The maximum absolute atomic E-state index is 13.0. The molecule has 0 atom stereocenters. The molecule has 1 heterocycles. The number of carbonyl (C=O) groups is 1. The lowest BCUT2D eigenvalue weighted by Crippen LogP contribution is -2.35. The summed E-state index contributed by atoms with van der Waals surface area (Å²) < 4.78 is 14.4. The van der Waals surface area contributed by atoms with Crippen LogP contribution in [0.1, 0.15) is 32.1 Å². The number of hydrogen-bond acceptors (Lipinski definition) is 3. The van der Waals surface area contributed by atoms with E-state index in [1.54, 1.807) is 12.1 Å². The number of aromatic nitrogens is 2.